The molecule has 0 radical (unpaired) electrons. The molecule has 2 fully saturated rings. The Kier molecular flexibility index (Phi) is 8.41. The second kappa shape index (κ2) is 12.0. The summed E-state index contributed by atoms with van der Waals surface area (Å²) in [5.41, 5.74) is 0.626. The third-order valence-electron chi connectivity index (χ3n) is 7.85. The van der Waals surface area contributed by atoms with Crippen LogP contribution in [0.15, 0.2) is 55.0 Å². The smallest absolute Gasteiger partial charge is 0.332 e. The number of urea groups is 1. The van der Waals surface area contributed by atoms with Crippen LogP contribution in [-0.4, -0.2) is 89.0 Å². The van der Waals surface area contributed by atoms with Crippen molar-refractivity contribution in [1.82, 2.24) is 25.1 Å². The first kappa shape index (κ1) is 30.0. The van der Waals surface area contributed by atoms with Gasteiger partial charge in [0.1, 0.15) is 11.6 Å². The van der Waals surface area contributed by atoms with Gasteiger partial charge in [-0.1, -0.05) is 35.3 Å². The number of H-pyrrole nitrogens is 1. The van der Waals surface area contributed by atoms with Crippen molar-refractivity contribution in [2.75, 3.05) is 38.7 Å². The van der Waals surface area contributed by atoms with Gasteiger partial charge in [-0.2, -0.15) is 5.26 Å². The molecule has 3 aromatic rings. The largest absolute Gasteiger partial charge is 0.467 e. The Labute approximate surface area is 257 Å². The van der Waals surface area contributed by atoms with Crippen LogP contribution in [0.25, 0.3) is 0 Å². The number of benzene rings is 2. The molecule has 2 N–H and O–H groups in total. The van der Waals surface area contributed by atoms with Crippen molar-refractivity contribution >= 4 is 52.7 Å². The van der Waals surface area contributed by atoms with E-state index in [1.165, 1.54) is 36.5 Å². The minimum Gasteiger partial charge on any atom is -0.467 e. The third-order valence-corrected chi connectivity index (χ3v) is 8.28. The Hall–Kier alpha value is -4.44. The Balaban J connectivity index is 1.45. The third kappa shape index (κ3) is 5.67. The van der Waals surface area contributed by atoms with Crippen LogP contribution in [-0.2, 0) is 25.5 Å². The van der Waals surface area contributed by atoms with Crippen LogP contribution in [0, 0.1) is 11.3 Å². The van der Waals surface area contributed by atoms with Crippen LogP contribution >= 0.6 is 23.2 Å². The van der Waals surface area contributed by atoms with E-state index in [0.717, 1.165) is 4.90 Å². The normalized spacial score (nSPS) is 20.9. The summed E-state index contributed by atoms with van der Waals surface area (Å²) in [6.45, 7) is 0.0972. The summed E-state index contributed by atoms with van der Waals surface area (Å²) in [6, 6.07) is 11.8. The predicted octanol–water partition coefficient (Wildman–Crippen LogP) is 2.73. The zero-order valence-electron chi connectivity index (χ0n) is 23.2. The number of hydrogen-bond acceptors (Lipinski definition) is 8. The van der Waals surface area contributed by atoms with Gasteiger partial charge in [0.25, 0.3) is 5.91 Å². The number of imidazole rings is 1. The van der Waals surface area contributed by atoms with Gasteiger partial charge in [-0.05, 0) is 35.9 Å². The average Bonchev–Trinajstić information content (AvgIpc) is 3.67. The van der Waals surface area contributed by atoms with Gasteiger partial charge >= 0.3 is 12.0 Å². The number of methoxy groups -OCH3 is 1. The predicted molar refractivity (Wildman–Crippen MR) is 156 cm³/mol. The number of carbonyl (C=O) groups excluding carboxylic acids is 4. The van der Waals surface area contributed by atoms with Gasteiger partial charge in [0.2, 0.25) is 5.91 Å². The van der Waals surface area contributed by atoms with Gasteiger partial charge in [0.15, 0.2) is 0 Å². The molecule has 4 amide bonds. The highest BCUT2D eigenvalue weighted by molar-refractivity contribution is 6.35. The van der Waals surface area contributed by atoms with Crippen molar-refractivity contribution < 1.29 is 23.9 Å². The van der Waals surface area contributed by atoms with Crippen LogP contribution in [0.4, 0.5) is 10.5 Å². The van der Waals surface area contributed by atoms with Gasteiger partial charge in [0.05, 0.1) is 37.3 Å². The lowest BCUT2D eigenvalue weighted by atomic mass is 9.80. The number of hydrogen-bond donors (Lipinski definition) is 2. The number of aromatic nitrogens is 2. The molecule has 3 heterocycles. The summed E-state index contributed by atoms with van der Waals surface area (Å²) < 4.78 is 4.87. The van der Waals surface area contributed by atoms with E-state index in [1.807, 2.05) is 0 Å². The number of nitrogens with one attached hydrogen (secondary N) is 2. The molecular formula is C29H27Cl2N7O5. The average molecular weight is 624 g/mol. The van der Waals surface area contributed by atoms with Crippen LogP contribution < -0.4 is 10.2 Å². The number of rotatable bonds is 8. The maximum absolute atomic E-state index is 14.3. The van der Waals surface area contributed by atoms with Crippen molar-refractivity contribution in [3.05, 3.63) is 81.9 Å². The Bertz CT molecular complexity index is 1590. The lowest BCUT2D eigenvalue weighted by Crippen LogP contribution is -2.54. The van der Waals surface area contributed by atoms with E-state index in [1.54, 1.807) is 42.4 Å². The maximum atomic E-state index is 14.3. The van der Waals surface area contributed by atoms with Crippen molar-refractivity contribution in [2.45, 2.75) is 23.9 Å². The van der Waals surface area contributed by atoms with Crippen LogP contribution in [0.5, 0.6) is 0 Å². The molecule has 12 nitrogen and oxygen atoms in total. The summed E-state index contributed by atoms with van der Waals surface area (Å²) in [4.78, 5) is 64.7. The number of esters is 1. The van der Waals surface area contributed by atoms with Crippen LogP contribution in [0.3, 0.4) is 0 Å². The topological polar surface area (TPSA) is 152 Å². The standard InChI is InChI=1S/C29H27Cl2N7O5/c1-36-28(42)38(22-8-19(30)7-20(31)9-22)27(41)29(36)15-37(13-23(29)18-5-3-17(11-32)4-6-18)14-25(39)35-24(26(40)43-2)10-21-12-33-16-34-21/h3-9,12,16,23-24H,10,13-15H2,1-2H3,(H,33,34)(H,35,39)/t23-,24?,29+/m0/s1. The summed E-state index contributed by atoms with van der Waals surface area (Å²) >= 11 is 12.4. The number of amides is 4. The molecule has 43 heavy (non-hydrogen) atoms. The van der Waals surface area contributed by atoms with E-state index in [2.05, 4.69) is 21.4 Å². The molecule has 1 spiro atoms. The van der Waals surface area contributed by atoms with Gasteiger partial charge in [-0.15, -0.1) is 0 Å². The number of anilines is 1. The lowest BCUT2D eigenvalue weighted by molar-refractivity contribution is -0.145. The minimum atomic E-state index is -1.39. The highest BCUT2D eigenvalue weighted by Crippen LogP contribution is 2.46. The molecule has 0 aliphatic carbocycles. The number of likely N-dealkylation sites (N-methyl/N-ethyl adjacent to an activating group) is 1. The Morgan fingerprint density at radius 1 is 1.21 bits per heavy atom. The van der Waals surface area contributed by atoms with Gasteiger partial charge in [-0.25, -0.2) is 19.5 Å². The first-order valence-corrected chi connectivity index (χ1v) is 14.0. The number of imide groups is 1. The molecule has 1 unspecified atom stereocenters. The molecule has 2 saturated heterocycles. The molecule has 2 aromatic carbocycles. The molecule has 2 aliphatic heterocycles. The molecule has 0 saturated carbocycles. The molecule has 0 bridgehead atoms. The van der Waals surface area contributed by atoms with Crippen molar-refractivity contribution in [2.24, 2.45) is 0 Å². The number of ether oxygens (including phenoxy) is 1. The molecule has 3 atom stereocenters. The molecule has 14 heteroatoms. The number of halogens is 2. The lowest BCUT2D eigenvalue weighted by Gasteiger charge is -2.34. The van der Waals surface area contributed by atoms with E-state index in [-0.39, 0.29) is 41.8 Å². The van der Waals surface area contributed by atoms with E-state index < -0.39 is 41.3 Å². The minimum absolute atomic E-state index is 0.0282. The van der Waals surface area contributed by atoms with E-state index in [4.69, 9.17) is 27.9 Å². The fraction of sp³-hybridized carbons (Fsp3) is 0.310. The fourth-order valence-electron chi connectivity index (χ4n) is 5.81. The SMILES string of the molecule is COC(=O)C(Cc1cnc[nH]1)NC(=O)CN1C[C@@H](c2ccc(C#N)cc2)[C@]2(C1)C(=O)N(c1cc(Cl)cc(Cl)c1)C(=O)N2C. The molecule has 1 aromatic heterocycles. The summed E-state index contributed by atoms with van der Waals surface area (Å²) in [7, 11) is 2.78. The molecule has 222 valence electrons. The fourth-order valence-corrected chi connectivity index (χ4v) is 6.32. The molecule has 2 aliphatic rings. The number of carbonyl (C=O) groups is 4. The summed E-state index contributed by atoms with van der Waals surface area (Å²) in [6.07, 6.45) is 3.16. The number of likely N-dealkylation sites (tertiary alicyclic amines) is 1. The van der Waals surface area contributed by atoms with Gasteiger partial charge in [0, 0.05) is 54.4 Å². The van der Waals surface area contributed by atoms with Crippen LogP contribution in [0.2, 0.25) is 10.0 Å². The summed E-state index contributed by atoms with van der Waals surface area (Å²) in [5.74, 6) is -2.15. The number of nitriles is 1. The second-order valence-corrected chi connectivity index (χ2v) is 11.3. The number of nitrogens with zero attached hydrogens (tertiary/aromatic N) is 5. The van der Waals surface area contributed by atoms with E-state index >= 15 is 0 Å². The van der Waals surface area contributed by atoms with E-state index in [0.29, 0.717) is 16.8 Å². The van der Waals surface area contributed by atoms with E-state index in [9.17, 15) is 24.4 Å². The molecule has 5 rings (SSSR count). The maximum Gasteiger partial charge on any atom is 0.332 e. The first-order chi connectivity index (χ1) is 20.6. The van der Waals surface area contributed by atoms with Crippen molar-refractivity contribution in [3.63, 3.8) is 0 Å². The summed E-state index contributed by atoms with van der Waals surface area (Å²) in [5, 5.41) is 12.5. The number of aromatic amines is 1. The Morgan fingerprint density at radius 2 is 1.91 bits per heavy atom. The van der Waals surface area contributed by atoms with Crippen molar-refractivity contribution in [3.8, 4) is 6.07 Å². The highest BCUT2D eigenvalue weighted by Gasteiger charge is 2.64. The first-order valence-electron chi connectivity index (χ1n) is 13.2. The van der Waals surface area contributed by atoms with Crippen molar-refractivity contribution in [1.29, 1.82) is 5.26 Å². The Morgan fingerprint density at radius 3 is 2.51 bits per heavy atom. The zero-order valence-corrected chi connectivity index (χ0v) is 24.7. The van der Waals surface area contributed by atoms with Gasteiger partial charge < -0.3 is 19.9 Å². The van der Waals surface area contributed by atoms with Gasteiger partial charge in [-0.3, -0.25) is 14.5 Å². The van der Waals surface area contributed by atoms with Crippen LogP contribution in [0.1, 0.15) is 22.7 Å². The highest BCUT2D eigenvalue weighted by atomic mass is 35.5. The monoisotopic (exact) mass is 623 g/mol. The zero-order chi connectivity index (χ0) is 30.9. The second-order valence-electron chi connectivity index (χ2n) is 10.4. The quantitative estimate of drug-likeness (QED) is 0.287. The molecular weight excluding hydrogens is 597 g/mol.